The van der Waals surface area contributed by atoms with E-state index < -0.39 is 0 Å². The number of ether oxygens (including phenoxy) is 1. The lowest BCUT2D eigenvalue weighted by atomic mass is 10.2. The minimum Gasteiger partial charge on any atom is -0.464 e. The maximum atomic E-state index is 12.0. The third-order valence-corrected chi connectivity index (χ3v) is 4.02. The lowest BCUT2D eigenvalue weighted by Gasteiger charge is -2.29. The molecule has 1 unspecified atom stereocenters. The fourth-order valence-corrected chi connectivity index (χ4v) is 2.59. The van der Waals surface area contributed by atoms with Crippen LogP contribution in [-0.2, 0) is 9.53 Å². The summed E-state index contributed by atoms with van der Waals surface area (Å²) in [5, 5.41) is 0. The van der Waals surface area contributed by atoms with Crippen LogP contribution in [0.25, 0.3) is 0 Å². The van der Waals surface area contributed by atoms with Gasteiger partial charge in [-0.1, -0.05) is 24.6 Å². The van der Waals surface area contributed by atoms with E-state index in [2.05, 4.69) is 43.0 Å². The summed E-state index contributed by atoms with van der Waals surface area (Å²) in [5.41, 5.74) is 2.30. The highest BCUT2D eigenvalue weighted by Crippen LogP contribution is 2.19. The summed E-state index contributed by atoms with van der Waals surface area (Å²) >= 11 is 1.88. The molecule has 1 aromatic carbocycles. The summed E-state index contributed by atoms with van der Waals surface area (Å²) < 4.78 is 5.15. The molecule has 1 rings (SSSR count). The first-order valence-corrected chi connectivity index (χ1v) is 8.33. The van der Waals surface area contributed by atoms with Crippen molar-refractivity contribution in [2.75, 3.05) is 29.6 Å². The largest absolute Gasteiger partial charge is 0.464 e. The Morgan fingerprint density at radius 1 is 1.30 bits per heavy atom. The molecule has 3 nitrogen and oxygen atoms in total. The fourth-order valence-electron chi connectivity index (χ4n) is 1.98. The SMILES string of the molecule is CCOC(=O)C(C)N(CCSCC)c1ccc(C)cc1. The van der Waals surface area contributed by atoms with Gasteiger partial charge in [-0.2, -0.15) is 11.8 Å². The molecule has 1 atom stereocenters. The summed E-state index contributed by atoms with van der Waals surface area (Å²) in [6.45, 7) is 9.24. The molecule has 0 spiro atoms. The molecule has 4 heteroatoms. The third kappa shape index (κ3) is 5.08. The number of anilines is 1. The van der Waals surface area contributed by atoms with Crippen LogP contribution in [-0.4, -0.2) is 36.7 Å². The Hall–Kier alpha value is -1.16. The second kappa shape index (κ2) is 8.90. The van der Waals surface area contributed by atoms with Crippen molar-refractivity contribution in [2.45, 2.75) is 33.7 Å². The van der Waals surface area contributed by atoms with E-state index in [1.165, 1.54) is 5.56 Å². The molecule has 0 aliphatic rings. The van der Waals surface area contributed by atoms with Crippen molar-refractivity contribution < 1.29 is 9.53 Å². The number of aryl methyl sites for hydroxylation is 1. The highest BCUT2D eigenvalue weighted by molar-refractivity contribution is 7.99. The fraction of sp³-hybridized carbons (Fsp3) is 0.562. The van der Waals surface area contributed by atoms with E-state index in [0.717, 1.165) is 23.7 Å². The molecule has 0 heterocycles. The highest BCUT2D eigenvalue weighted by atomic mass is 32.2. The van der Waals surface area contributed by atoms with Crippen molar-refractivity contribution in [3.8, 4) is 0 Å². The average Bonchev–Trinajstić information content (AvgIpc) is 2.44. The van der Waals surface area contributed by atoms with E-state index >= 15 is 0 Å². The summed E-state index contributed by atoms with van der Waals surface area (Å²) in [5.74, 6) is 1.94. The number of carbonyl (C=O) groups is 1. The predicted octanol–water partition coefficient (Wildman–Crippen LogP) is 3.51. The number of carbonyl (C=O) groups excluding carboxylic acids is 1. The number of nitrogens with zero attached hydrogens (tertiary/aromatic N) is 1. The van der Waals surface area contributed by atoms with Gasteiger partial charge in [0.05, 0.1) is 6.61 Å². The molecule has 112 valence electrons. The van der Waals surface area contributed by atoms with Crippen molar-refractivity contribution in [3.63, 3.8) is 0 Å². The van der Waals surface area contributed by atoms with Crippen LogP contribution in [0.5, 0.6) is 0 Å². The number of hydrogen-bond acceptors (Lipinski definition) is 4. The van der Waals surface area contributed by atoms with Crippen LogP contribution in [0.1, 0.15) is 26.3 Å². The topological polar surface area (TPSA) is 29.5 Å². The standard InChI is InChI=1S/C16H25NO2S/c1-5-19-16(18)14(4)17(11-12-20-6-2)15-9-7-13(3)8-10-15/h7-10,14H,5-6,11-12H2,1-4H3. The molecule has 0 amide bonds. The number of benzene rings is 1. The predicted molar refractivity (Wildman–Crippen MR) is 87.6 cm³/mol. The smallest absolute Gasteiger partial charge is 0.328 e. The van der Waals surface area contributed by atoms with Gasteiger partial charge in [-0.25, -0.2) is 4.79 Å². The third-order valence-electron chi connectivity index (χ3n) is 3.14. The zero-order valence-corrected chi connectivity index (χ0v) is 13.7. The zero-order chi connectivity index (χ0) is 15.0. The van der Waals surface area contributed by atoms with E-state index in [-0.39, 0.29) is 12.0 Å². The van der Waals surface area contributed by atoms with Gasteiger partial charge in [0, 0.05) is 18.0 Å². The number of hydrogen-bond donors (Lipinski definition) is 0. The van der Waals surface area contributed by atoms with Gasteiger partial charge in [-0.3, -0.25) is 0 Å². The number of esters is 1. The minimum atomic E-state index is -0.255. The van der Waals surface area contributed by atoms with Crippen molar-refractivity contribution in [3.05, 3.63) is 29.8 Å². The van der Waals surface area contributed by atoms with E-state index in [9.17, 15) is 4.79 Å². The molecule has 0 saturated carbocycles. The average molecular weight is 295 g/mol. The van der Waals surface area contributed by atoms with Gasteiger partial charge in [0.2, 0.25) is 0 Å². The highest BCUT2D eigenvalue weighted by Gasteiger charge is 2.22. The molecular weight excluding hydrogens is 270 g/mol. The molecule has 1 aromatic rings. The monoisotopic (exact) mass is 295 g/mol. The minimum absolute atomic E-state index is 0.158. The van der Waals surface area contributed by atoms with Crippen LogP contribution < -0.4 is 4.90 Å². The van der Waals surface area contributed by atoms with Crippen LogP contribution in [0.15, 0.2) is 24.3 Å². The first-order valence-electron chi connectivity index (χ1n) is 7.17. The molecule has 0 aliphatic carbocycles. The van der Waals surface area contributed by atoms with Crippen LogP contribution in [0.2, 0.25) is 0 Å². The molecule has 0 aliphatic heterocycles. The normalized spacial score (nSPS) is 12.0. The number of rotatable bonds is 8. The first kappa shape index (κ1) is 16.9. The zero-order valence-electron chi connectivity index (χ0n) is 12.9. The van der Waals surface area contributed by atoms with Gasteiger partial charge in [-0.05, 0) is 38.7 Å². The van der Waals surface area contributed by atoms with Crippen LogP contribution in [0.3, 0.4) is 0 Å². The second-order valence-corrected chi connectivity index (χ2v) is 6.05. The van der Waals surface area contributed by atoms with Crippen molar-refractivity contribution in [1.29, 1.82) is 0 Å². The maximum absolute atomic E-state index is 12.0. The molecule has 0 bridgehead atoms. The van der Waals surface area contributed by atoms with E-state index in [1.807, 2.05) is 25.6 Å². The Balaban J connectivity index is 2.83. The second-order valence-electron chi connectivity index (χ2n) is 4.65. The van der Waals surface area contributed by atoms with Gasteiger partial charge < -0.3 is 9.64 Å². The van der Waals surface area contributed by atoms with Crippen molar-refractivity contribution in [2.24, 2.45) is 0 Å². The van der Waals surface area contributed by atoms with E-state index in [0.29, 0.717) is 6.61 Å². The van der Waals surface area contributed by atoms with Gasteiger partial charge in [0.15, 0.2) is 0 Å². The lowest BCUT2D eigenvalue weighted by Crippen LogP contribution is -2.41. The van der Waals surface area contributed by atoms with E-state index in [4.69, 9.17) is 4.74 Å². The van der Waals surface area contributed by atoms with Crippen LogP contribution in [0.4, 0.5) is 5.69 Å². The maximum Gasteiger partial charge on any atom is 0.328 e. The first-order chi connectivity index (χ1) is 9.60. The van der Waals surface area contributed by atoms with Gasteiger partial charge in [0.25, 0.3) is 0 Å². The summed E-state index contributed by atoms with van der Waals surface area (Å²) in [6, 6.07) is 8.04. The van der Waals surface area contributed by atoms with Crippen molar-refractivity contribution in [1.82, 2.24) is 0 Å². The summed E-state index contributed by atoms with van der Waals surface area (Å²) in [4.78, 5) is 14.1. The van der Waals surface area contributed by atoms with Crippen LogP contribution in [0, 0.1) is 6.92 Å². The van der Waals surface area contributed by atoms with Crippen LogP contribution >= 0.6 is 11.8 Å². The van der Waals surface area contributed by atoms with Gasteiger partial charge in [0.1, 0.15) is 6.04 Å². The summed E-state index contributed by atoms with van der Waals surface area (Å²) in [6.07, 6.45) is 0. The number of thioether (sulfide) groups is 1. The Morgan fingerprint density at radius 2 is 1.95 bits per heavy atom. The Kier molecular flexibility index (Phi) is 7.52. The van der Waals surface area contributed by atoms with Gasteiger partial charge in [-0.15, -0.1) is 0 Å². The lowest BCUT2D eigenvalue weighted by molar-refractivity contribution is -0.144. The Labute approximate surface area is 126 Å². The molecule has 0 radical (unpaired) electrons. The Morgan fingerprint density at radius 3 is 2.50 bits per heavy atom. The quantitative estimate of drug-likeness (QED) is 0.542. The molecule has 0 saturated heterocycles. The van der Waals surface area contributed by atoms with Crippen molar-refractivity contribution >= 4 is 23.4 Å². The summed E-state index contributed by atoms with van der Waals surface area (Å²) in [7, 11) is 0. The molecule has 0 N–H and O–H groups in total. The van der Waals surface area contributed by atoms with Gasteiger partial charge >= 0.3 is 5.97 Å². The molecular formula is C16H25NO2S. The molecule has 0 fully saturated rings. The molecule has 0 aromatic heterocycles. The molecule has 20 heavy (non-hydrogen) atoms. The Bertz CT molecular complexity index is 405. The van der Waals surface area contributed by atoms with E-state index in [1.54, 1.807) is 0 Å².